The maximum Gasteiger partial charge on any atom is 0.192 e. The molecule has 0 bridgehead atoms. The maximum absolute atomic E-state index is 10.2. The summed E-state index contributed by atoms with van der Waals surface area (Å²) in [6, 6.07) is 0. The first-order valence-corrected chi connectivity index (χ1v) is 23.9. The van der Waals surface area contributed by atoms with Crippen LogP contribution in [-0.2, 0) is 8.85 Å². The van der Waals surface area contributed by atoms with Crippen molar-refractivity contribution in [2.75, 3.05) is 0 Å². The van der Waals surface area contributed by atoms with E-state index in [4.69, 9.17) is 8.85 Å². The van der Waals surface area contributed by atoms with E-state index in [0.717, 1.165) is 31.6 Å². The van der Waals surface area contributed by atoms with Gasteiger partial charge in [-0.25, -0.2) is 0 Å². The fourth-order valence-electron chi connectivity index (χ4n) is 8.04. The van der Waals surface area contributed by atoms with Gasteiger partial charge >= 0.3 is 0 Å². The molecule has 0 aliphatic heterocycles. The highest BCUT2D eigenvalue weighted by molar-refractivity contribution is 6.74. The van der Waals surface area contributed by atoms with Gasteiger partial charge in [0.25, 0.3) is 0 Å². The summed E-state index contributed by atoms with van der Waals surface area (Å²) >= 11 is 0. The molecule has 3 aliphatic rings. The highest BCUT2D eigenvalue weighted by Crippen LogP contribution is 2.60. The van der Waals surface area contributed by atoms with Crippen LogP contribution in [0, 0.1) is 23.2 Å². The van der Waals surface area contributed by atoms with E-state index < -0.39 is 22.2 Å². The molecule has 0 aromatic carbocycles. The fourth-order valence-corrected chi connectivity index (χ4v) is 10.7. The molecule has 0 radical (unpaired) electrons. The lowest BCUT2D eigenvalue weighted by Gasteiger charge is -2.46. The summed E-state index contributed by atoms with van der Waals surface area (Å²) in [6.07, 6.45) is 16.8. The topological polar surface area (TPSA) is 38.7 Å². The highest BCUT2D eigenvalue weighted by Gasteiger charge is 2.50. The van der Waals surface area contributed by atoms with Crippen molar-refractivity contribution in [1.82, 2.24) is 0 Å². The summed E-state index contributed by atoms with van der Waals surface area (Å²) in [4.78, 5) is 0. The van der Waals surface area contributed by atoms with E-state index >= 15 is 0 Å². The monoisotopic (exact) mass is 645 g/mol. The van der Waals surface area contributed by atoms with E-state index in [0.29, 0.717) is 17.3 Å². The van der Waals surface area contributed by atoms with Gasteiger partial charge in [0.1, 0.15) is 0 Å². The van der Waals surface area contributed by atoms with Crippen molar-refractivity contribution in [3.63, 3.8) is 0 Å². The van der Waals surface area contributed by atoms with E-state index in [1.165, 1.54) is 49.7 Å². The Morgan fingerprint density at radius 3 is 2.11 bits per heavy atom. The average molecular weight is 645 g/mol. The van der Waals surface area contributed by atoms with Crippen molar-refractivity contribution in [3.8, 4) is 0 Å². The zero-order chi connectivity index (χ0) is 33.5. The van der Waals surface area contributed by atoms with Gasteiger partial charge in [0.15, 0.2) is 16.6 Å². The van der Waals surface area contributed by atoms with Gasteiger partial charge in [-0.15, -0.1) is 0 Å². The summed E-state index contributed by atoms with van der Waals surface area (Å²) in [7, 11) is -3.89. The molecular weight excluding hydrogens is 573 g/mol. The van der Waals surface area contributed by atoms with E-state index in [-0.39, 0.29) is 22.3 Å². The Hall–Kier alpha value is -0.466. The van der Waals surface area contributed by atoms with E-state index in [1.807, 2.05) is 13.8 Å². The van der Waals surface area contributed by atoms with E-state index in [1.54, 1.807) is 5.57 Å². The zero-order valence-corrected chi connectivity index (χ0v) is 33.6. The third-order valence-electron chi connectivity index (χ3n) is 12.9. The second kappa shape index (κ2) is 13.6. The Labute approximate surface area is 276 Å². The second-order valence-corrected chi connectivity index (χ2v) is 28.6. The van der Waals surface area contributed by atoms with Gasteiger partial charge in [-0.3, -0.25) is 0 Å². The molecule has 3 saturated carbocycles. The molecule has 3 nitrogen and oxygen atoms in total. The molecule has 0 spiro atoms. The predicted molar refractivity (Wildman–Crippen MR) is 196 cm³/mol. The summed E-state index contributed by atoms with van der Waals surface area (Å²) in [6.45, 7) is 37.2. The molecule has 0 saturated heterocycles. The number of aliphatic hydroxyl groups is 1. The molecule has 0 aromatic rings. The molecule has 3 fully saturated rings. The normalized spacial score (nSPS) is 31.9. The number of allylic oxidation sites excluding steroid dienone is 3. The zero-order valence-electron chi connectivity index (χ0n) is 31.6. The Bertz CT molecular complexity index is 1060. The molecule has 0 aromatic heterocycles. The van der Waals surface area contributed by atoms with Crippen LogP contribution in [0.25, 0.3) is 0 Å². The minimum Gasteiger partial charge on any atom is -0.413 e. The lowest BCUT2D eigenvalue weighted by molar-refractivity contribution is 0.0596. The standard InChI is InChI=1S/C39H72O3Si2/c1-28(18-16-24-38(9,10)40)33-22-23-34-30(19-17-25-39(33,34)11)20-21-31-26-32(41-43(12,13)36(3,4)5)27-35(29(31)2)42-44(14,15)37(6,7)8/h20-21,28,32-35,40H,2,16-19,22-27H2,1,3-15H3/b30-20-,31-21+/t28-,32-,33-,34?,35+,39-/m1/s1. The minimum atomic E-state index is -1.97. The predicted octanol–water partition coefficient (Wildman–Crippen LogP) is 11.8. The molecule has 1 unspecified atom stereocenters. The molecule has 0 heterocycles. The van der Waals surface area contributed by atoms with Gasteiger partial charge in [0.2, 0.25) is 0 Å². The SMILES string of the molecule is C=C1/C(=C/C=C2/CCC[C@@]3(C)C2CC[C@@H]3[C@H](C)CCCC(C)(C)O)C[C@@H](O[Si](C)(C)C(C)(C)C)C[C@@H]1O[Si](C)(C)C(C)(C)C. The van der Waals surface area contributed by atoms with Gasteiger partial charge in [0.05, 0.1) is 17.8 Å². The van der Waals surface area contributed by atoms with Crippen molar-refractivity contribution in [2.45, 2.75) is 188 Å². The Morgan fingerprint density at radius 2 is 1.55 bits per heavy atom. The van der Waals surface area contributed by atoms with Crippen molar-refractivity contribution in [3.05, 3.63) is 35.5 Å². The Morgan fingerprint density at radius 1 is 0.955 bits per heavy atom. The van der Waals surface area contributed by atoms with Crippen LogP contribution in [0.1, 0.15) is 133 Å². The Balaban J connectivity index is 1.86. The first-order valence-electron chi connectivity index (χ1n) is 18.0. The first kappa shape index (κ1) is 38.0. The molecule has 1 N–H and O–H groups in total. The summed E-state index contributed by atoms with van der Waals surface area (Å²) < 4.78 is 14.2. The highest BCUT2D eigenvalue weighted by atomic mass is 28.4. The molecule has 6 atom stereocenters. The quantitative estimate of drug-likeness (QED) is 0.240. The van der Waals surface area contributed by atoms with Crippen LogP contribution in [-0.4, -0.2) is 39.6 Å². The molecule has 0 amide bonds. The third kappa shape index (κ3) is 8.91. The van der Waals surface area contributed by atoms with Gasteiger partial charge in [0, 0.05) is 6.42 Å². The van der Waals surface area contributed by atoms with Crippen molar-refractivity contribution in [2.24, 2.45) is 23.2 Å². The van der Waals surface area contributed by atoms with Crippen LogP contribution in [0.5, 0.6) is 0 Å². The van der Waals surface area contributed by atoms with Gasteiger partial charge in [-0.1, -0.05) is 92.5 Å². The molecule has 5 heteroatoms. The van der Waals surface area contributed by atoms with E-state index in [2.05, 4.69) is 100 Å². The van der Waals surface area contributed by atoms with Crippen LogP contribution in [0.2, 0.25) is 36.3 Å². The lowest BCUT2D eigenvalue weighted by atomic mass is 9.60. The van der Waals surface area contributed by atoms with Crippen LogP contribution in [0.3, 0.4) is 0 Å². The lowest BCUT2D eigenvalue weighted by Crippen LogP contribution is -2.49. The molecule has 254 valence electrons. The first-order chi connectivity index (χ1) is 19.9. The number of rotatable bonds is 10. The Kier molecular flexibility index (Phi) is 11.7. The number of fused-ring (bicyclic) bond motifs is 1. The van der Waals surface area contributed by atoms with Crippen molar-refractivity contribution >= 4 is 16.6 Å². The second-order valence-electron chi connectivity index (χ2n) is 19.0. The van der Waals surface area contributed by atoms with Crippen molar-refractivity contribution in [1.29, 1.82) is 0 Å². The van der Waals surface area contributed by atoms with E-state index in [9.17, 15) is 5.11 Å². The summed E-state index contributed by atoms with van der Waals surface area (Å²) in [5, 5.41) is 10.6. The average Bonchev–Trinajstić information content (AvgIpc) is 3.20. The van der Waals surface area contributed by atoms with Crippen LogP contribution < -0.4 is 0 Å². The largest absolute Gasteiger partial charge is 0.413 e. The van der Waals surface area contributed by atoms with Crippen LogP contribution in [0.15, 0.2) is 35.5 Å². The molecule has 3 rings (SSSR count). The number of hydrogen-bond acceptors (Lipinski definition) is 3. The van der Waals surface area contributed by atoms with Crippen molar-refractivity contribution < 1.29 is 14.0 Å². The molecule has 3 aliphatic carbocycles. The molecular formula is C39H72O3Si2. The fraction of sp³-hybridized carbons (Fsp3) is 0.846. The molecule has 44 heavy (non-hydrogen) atoms. The summed E-state index contributed by atoms with van der Waals surface area (Å²) in [5.41, 5.74) is 4.04. The van der Waals surface area contributed by atoms with Gasteiger partial charge in [-0.2, -0.15) is 0 Å². The number of hydrogen-bond donors (Lipinski definition) is 1. The van der Waals surface area contributed by atoms with Crippen LogP contribution in [0.4, 0.5) is 0 Å². The van der Waals surface area contributed by atoms with Gasteiger partial charge in [-0.05, 0) is 129 Å². The summed E-state index contributed by atoms with van der Waals surface area (Å²) in [5.74, 6) is 2.18. The maximum atomic E-state index is 10.2. The van der Waals surface area contributed by atoms with Crippen LogP contribution >= 0.6 is 0 Å². The smallest absolute Gasteiger partial charge is 0.192 e. The minimum absolute atomic E-state index is 0.0290. The third-order valence-corrected chi connectivity index (χ3v) is 21.9. The van der Waals surface area contributed by atoms with Gasteiger partial charge < -0.3 is 14.0 Å².